The fourth-order valence-electron chi connectivity index (χ4n) is 9.20. The second kappa shape index (κ2) is 16.7. The van der Waals surface area contributed by atoms with Gasteiger partial charge in [-0.15, -0.1) is 0 Å². The smallest absolute Gasteiger partial charge is 0.407 e. The molecule has 3 aromatic carbocycles. The first-order valence-electron chi connectivity index (χ1n) is 20.9. The predicted molar refractivity (Wildman–Crippen MR) is 227 cm³/mol. The molecule has 5 heterocycles. The maximum Gasteiger partial charge on any atom is 0.407 e. The average Bonchev–Trinajstić information content (AvgIpc) is 4.08. The molecule has 4 N–H and O–H groups in total. The zero-order chi connectivity index (χ0) is 43.3. The van der Waals surface area contributed by atoms with Gasteiger partial charge in [-0.25, -0.2) is 19.6 Å². The van der Waals surface area contributed by atoms with Crippen molar-refractivity contribution in [2.75, 3.05) is 27.9 Å². The molecule has 0 aliphatic carbocycles. The maximum atomic E-state index is 14.0. The third kappa shape index (κ3) is 7.73. The lowest BCUT2D eigenvalue weighted by Crippen LogP contribution is -2.54. The van der Waals surface area contributed by atoms with Crippen LogP contribution in [0.1, 0.15) is 83.2 Å². The summed E-state index contributed by atoms with van der Waals surface area (Å²) in [4.78, 5) is 72.6. The minimum Gasteiger partial charge on any atom is -0.488 e. The number of aromatic amines is 2. The Bertz CT molecular complexity index is 2500. The first-order valence-corrected chi connectivity index (χ1v) is 20.9. The van der Waals surface area contributed by atoms with Crippen LogP contribution in [0.15, 0.2) is 48.7 Å². The van der Waals surface area contributed by atoms with Gasteiger partial charge < -0.3 is 49.3 Å². The van der Waals surface area contributed by atoms with Crippen LogP contribution in [0.4, 0.5) is 9.59 Å². The van der Waals surface area contributed by atoms with Gasteiger partial charge in [-0.3, -0.25) is 9.59 Å². The highest BCUT2D eigenvalue weighted by molar-refractivity contribution is 6.07. The molecule has 0 spiro atoms. The van der Waals surface area contributed by atoms with Crippen LogP contribution in [-0.2, 0) is 30.4 Å². The van der Waals surface area contributed by atoms with E-state index in [1.807, 2.05) is 31.7 Å². The second-order valence-corrected chi connectivity index (χ2v) is 16.9. The van der Waals surface area contributed by atoms with E-state index in [-0.39, 0.29) is 41.8 Å². The topological polar surface area (TPSA) is 193 Å². The highest BCUT2D eigenvalue weighted by Gasteiger charge is 2.43. The molecule has 2 fully saturated rings. The minimum atomic E-state index is -0.922. The SMILES string of the molecule is COC(=O)NC(C(=O)N1[C@@H](C)CC[C@H]1c1nc2c(ccc3cc4c(cc32)OCc2cc(-c3cnc(C5C[C@H](C)CN5C(=O)C(NC(=O)OC)[C@@H](C)OC)[nH]3)ccc2-4)[nH]1)C(C)C. The molecule has 2 saturated heterocycles. The normalized spacial score (nSPS) is 21.1. The summed E-state index contributed by atoms with van der Waals surface area (Å²) in [6, 6.07) is 12.3. The molecule has 3 unspecified atom stereocenters. The quantitative estimate of drug-likeness (QED) is 0.117. The number of alkyl carbamates (subject to hydrolysis) is 2. The van der Waals surface area contributed by atoms with Crippen molar-refractivity contribution < 1.29 is 38.1 Å². The Balaban J connectivity index is 1.04. The van der Waals surface area contributed by atoms with Crippen LogP contribution in [0, 0.1) is 11.8 Å². The summed E-state index contributed by atoms with van der Waals surface area (Å²) < 4.78 is 21.5. The number of carbonyl (C=O) groups excluding carboxylic acids is 4. The van der Waals surface area contributed by atoms with Crippen LogP contribution >= 0.6 is 0 Å². The number of methoxy groups -OCH3 is 3. The van der Waals surface area contributed by atoms with Crippen molar-refractivity contribution in [3.63, 3.8) is 0 Å². The third-order valence-corrected chi connectivity index (χ3v) is 12.6. The molecule has 2 aromatic heterocycles. The summed E-state index contributed by atoms with van der Waals surface area (Å²) in [5.74, 6) is 1.81. The van der Waals surface area contributed by atoms with E-state index in [0.717, 1.165) is 68.3 Å². The van der Waals surface area contributed by atoms with E-state index in [9.17, 15) is 19.2 Å². The number of rotatable bonds is 10. The van der Waals surface area contributed by atoms with E-state index >= 15 is 0 Å². The number of imidazole rings is 2. The molecule has 0 saturated carbocycles. The maximum absolute atomic E-state index is 14.0. The van der Waals surface area contributed by atoms with Crippen LogP contribution in [0.3, 0.4) is 0 Å². The molecule has 0 bridgehead atoms. The van der Waals surface area contributed by atoms with Crippen molar-refractivity contribution in [1.82, 2.24) is 40.4 Å². The number of aromatic nitrogens is 4. The number of ether oxygens (including phenoxy) is 4. The molecule has 3 aliphatic rings. The Morgan fingerprint density at radius 3 is 2.33 bits per heavy atom. The number of benzene rings is 3. The number of hydrogen-bond donors (Lipinski definition) is 4. The average molecular weight is 835 g/mol. The molecule has 61 heavy (non-hydrogen) atoms. The molecular weight excluding hydrogens is 781 g/mol. The van der Waals surface area contributed by atoms with Gasteiger partial charge in [0.05, 0.1) is 55.3 Å². The van der Waals surface area contributed by atoms with Crippen LogP contribution in [-0.4, -0.2) is 106 Å². The summed E-state index contributed by atoms with van der Waals surface area (Å²) >= 11 is 0. The number of H-pyrrole nitrogens is 2. The van der Waals surface area contributed by atoms with E-state index in [0.29, 0.717) is 31.2 Å². The van der Waals surface area contributed by atoms with Gasteiger partial charge in [0.2, 0.25) is 11.8 Å². The van der Waals surface area contributed by atoms with Gasteiger partial charge in [0.1, 0.15) is 36.1 Å². The Morgan fingerprint density at radius 2 is 1.61 bits per heavy atom. The number of likely N-dealkylation sites (tertiary alicyclic amines) is 2. The summed E-state index contributed by atoms with van der Waals surface area (Å²) in [5.41, 5.74) is 6.50. The molecule has 0 radical (unpaired) electrons. The van der Waals surface area contributed by atoms with E-state index in [4.69, 9.17) is 28.9 Å². The molecular formula is C45H54N8O8. The highest BCUT2D eigenvalue weighted by Crippen LogP contribution is 2.44. The van der Waals surface area contributed by atoms with Gasteiger partial charge in [0.15, 0.2) is 0 Å². The third-order valence-electron chi connectivity index (χ3n) is 12.6. The van der Waals surface area contributed by atoms with Crippen molar-refractivity contribution >= 4 is 45.8 Å². The number of nitrogens with one attached hydrogen (secondary N) is 4. The van der Waals surface area contributed by atoms with Gasteiger partial charge >= 0.3 is 12.2 Å². The van der Waals surface area contributed by atoms with Crippen LogP contribution in [0.2, 0.25) is 0 Å². The fourth-order valence-corrected chi connectivity index (χ4v) is 9.20. The fraction of sp³-hybridized carbons (Fsp3) is 0.467. The molecule has 16 heteroatoms. The van der Waals surface area contributed by atoms with E-state index < -0.39 is 30.4 Å². The van der Waals surface area contributed by atoms with Crippen molar-refractivity contribution in [2.45, 2.75) is 96.8 Å². The van der Waals surface area contributed by atoms with Crippen molar-refractivity contribution in [2.24, 2.45) is 11.8 Å². The largest absolute Gasteiger partial charge is 0.488 e. The van der Waals surface area contributed by atoms with Crippen LogP contribution in [0.5, 0.6) is 5.75 Å². The molecule has 7 atom stereocenters. The van der Waals surface area contributed by atoms with Gasteiger partial charge in [-0.05, 0) is 91.3 Å². The molecule has 8 rings (SSSR count). The number of fused-ring (bicyclic) bond motifs is 6. The van der Waals surface area contributed by atoms with Gasteiger partial charge in [-0.1, -0.05) is 39.0 Å². The zero-order valence-electron chi connectivity index (χ0n) is 35.8. The van der Waals surface area contributed by atoms with Crippen molar-refractivity contribution in [1.29, 1.82) is 0 Å². The molecule has 4 amide bonds. The van der Waals surface area contributed by atoms with E-state index in [1.165, 1.54) is 21.3 Å². The number of amides is 4. The molecule has 16 nitrogen and oxygen atoms in total. The Kier molecular flexibility index (Phi) is 11.4. The summed E-state index contributed by atoms with van der Waals surface area (Å²) in [6.45, 7) is 10.6. The Morgan fingerprint density at radius 1 is 0.852 bits per heavy atom. The summed E-state index contributed by atoms with van der Waals surface area (Å²) in [7, 11) is 4.05. The Hall–Kier alpha value is -6.16. The van der Waals surface area contributed by atoms with E-state index in [2.05, 4.69) is 63.9 Å². The number of carbonyl (C=O) groups is 4. The minimum absolute atomic E-state index is 0.0295. The van der Waals surface area contributed by atoms with Crippen molar-refractivity contribution in [3.8, 4) is 28.1 Å². The summed E-state index contributed by atoms with van der Waals surface area (Å²) in [6.07, 6.45) is 2.15. The molecule has 3 aliphatic heterocycles. The molecule has 322 valence electrons. The second-order valence-electron chi connectivity index (χ2n) is 16.9. The number of hydrogen-bond acceptors (Lipinski definition) is 10. The van der Waals surface area contributed by atoms with Gasteiger partial charge in [0.25, 0.3) is 0 Å². The zero-order valence-corrected chi connectivity index (χ0v) is 35.8. The van der Waals surface area contributed by atoms with Gasteiger partial charge in [0, 0.05) is 30.6 Å². The lowest BCUT2D eigenvalue weighted by molar-refractivity contribution is -0.138. The standard InChI is InChI=1S/C45H54N8O8/c1-22(2)37(50-44(56)59-7)43(55)53-24(4)9-14-34(53)41-47-32-13-11-26-17-31-29-12-10-27(16-28(29)21-61-36(31)18-30(26)39(32)49-41)33-19-46-40(48-33)35-15-23(3)20-52(35)42(54)38(25(5)58-6)51-45(57)60-8/h10-13,16-19,22-25,34-35,37-38H,9,14-15,20-21H2,1-8H3,(H,46,48)(H,47,49)(H,50,56)(H,51,57)/t23-,24-,25+,34-,35?,37?,38?/m0/s1. The first-order chi connectivity index (χ1) is 29.3. The van der Waals surface area contributed by atoms with E-state index in [1.54, 1.807) is 18.0 Å². The van der Waals surface area contributed by atoms with Gasteiger partial charge in [-0.2, -0.15) is 0 Å². The highest BCUT2D eigenvalue weighted by atomic mass is 16.5. The molecule has 5 aromatic rings. The Labute approximate surface area is 354 Å². The summed E-state index contributed by atoms with van der Waals surface area (Å²) in [5, 5.41) is 7.33. The first kappa shape index (κ1) is 41.6. The lowest BCUT2D eigenvalue weighted by Gasteiger charge is -2.32. The van der Waals surface area contributed by atoms with Crippen LogP contribution in [0.25, 0.3) is 44.2 Å². The lowest BCUT2D eigenvalue weighted by atomic mass is 9.92. The van der Waals surface area contributed by atoms with Crippen LogP contribution < -0.4 is 15.4 Å². The number of nitrogens with zero attached hydrogens (tertiary/aromatic N) is 4. The monoisotopic (exact) mass is 834 g/mol. The predicted octanol–water partition coefficient (Wildman–Crippen LogP) is 6.77. The van der Waals surface area contributed by atoms with Crippen molar-refractivity contribution in [3.05, 3.63) is 65.9 Å².